The van der Waals surface area contributed by atoms with Gasteiger partial charge in [0.05, 0.1) is 25.5 Å². The van der Waals surface area contributed by atoms with Gasteiger partial charge in [-0.15, -0.1) is 16.4 Å². The second-order valence-corrected chi connectivity index (χ2v) is 7.63. The molecule has 0 fully saturated rings. The van der Waals surface area contributed by atoms with Gasteiger partial charge >= 0.3 is 0 Å². The maximum Gasteiger partial charge on any atom is 0.255 e. The lowest BCUT2D eigenvalue weighted by Crippen LogP contribution is -2.26. The molecule has 4 aromatic rings. The van der Waals surface area contributed by atoms with E-state index >= 15 is 0 Å². The number of benzene rings is 2. The lowest BCUT2D eigenvalue weighted by Gasteiger charge is -2.10. The van der Waals surface area contributed by atoms with Crippen LogP contribution in [0.25, 0.3) is 16.3 Å². The first-order valence-corrected chi connectivity index (χ1v) is 10.4. The van der Waals surface area contributed by atoms with Crippen LogP contribution in [0.3, 0.4) is 0 Å². The van der Waals surface area contributed by atoms with E-state index in [9.17, 15) is 4.79 Å². The van der Waals surface area contributed by atoms with E-state index in [1.165, 1.54) is 12.7 Å². The molecule has 0 bridgehead atoms. The fraction of sp³-hybridized carbons (Fsp3) is 0.227. The van der Waals surface area contributed by atoms with E-state index in [0.29, 0.717) is 35.9 Å². The molecule has 0 aliphatic heterocycles. The first kappa shape index (κ1) is 19.9. The molecule has 1 N–H and O–H groups in total. The number of aromatic nitrogens is 3. The predicted molar refractivity (Wildman–Crippen MR) is 117 cm³/mol. The lowest BCUT2D eigenvalue weighted by atomic mass is 10.1. The van der Waals surface area contributed by atoms with Crippen molar-refractivity contribution in [3.05, 3.63) is 64.7 Å². The maximum absolute atomic E-state index is 12.6. The number of methoxy groups -OCH3 is 2. The summed E-state index contributed by atoms with van der Waals surface area (Å²) in [5.74, 6) is 1.63. The molecule has 0 spiro atoms. The average Bonchev–Trinajstić information content (AvgIpc) is 3.35. The first-order chi connectivity index (χ1) is 14.6. The second-order valence-electron chi connectivity index (χ2n) is 6.80. The molecule has 1 amide bonds. The lowest BCUT2D eigenvalue weighted by molar-refractivity contribution is 0.0951. The molecule has 30 heavy (non-hydrogen) atoms. The Morgan fingerprint density at radius 2 is 2.03 bits per heavy atom. The van der Waals surface area contributed by atoms with Crippen LogP contribution < -0.4 is 14.8 Å². The number of carbonyl (C=O) groups is 1. The third-order valence-corrected chi connectivity index (χ3v) is 5.61. The Morgan fingerprint density at radius 3 is 2.80 bits per heavy atom. The smallest absolute Gasteiger partial charge is 0.255 e. The predicted octanol–water partition coefficient (Wildman–Crippen LogP) is 3.76. The number of thiazole rings is 1. The van der Waals surface area contributed by atoms with E-state index in [-0.39, 0.29) is 5.91 Å². The summed E-state index contributed by atoms with van der Waals surface area (Å²) < 4.78 is 12.3. The number of rotatable bonds is 7. The van der Waals surface area contributed by atoms with Crippen LogP contribution in [0.15, 0.2) is 47.8 Å². The van der Waals surface area contributed by atoms with Gasteiger partial charge in [0, 0.05) is 30.0 Å². The topological polar surface area (TPSA) is 77.8 Å². The van der Waals surface area contributed by atoms with Crippen LogP contribution in [0.1, 0.15) is 21.6 Å². The van der Waals surface area contributed by atoms with Crippen molar-refractivity contribution in [2.75, 3.05) is 20.8 Å². The van der Waals surface area contributed by atoms with Gasteiger partial charge in [-0.1, -0.05) is 23.8 Å². The Bertz CT molecular complexity index is 1200. The van der Waals surface area contributed by atoms with Crippen molar-refractivity contribution in [2.45, 2.75) is 13.3 Å². The highest BCUT2D eigenvalue weighted by Gasteiger charge is 2.15. The molecule has 154 valence electrons. The Morgan fingerprint density at radius 1 is 1.17 bits per heavy atom. The molecule has 0 aliphatic carbocycles. The van der Waals surface area contributed by atoms with Crippen LogP contribution in [0, 0.1) is 6.92 Å². The Kier molecular flexibility index (Phi) is 5.67. The van der Waals surface area contributed by atoms with Crippen LogP contribution in [0.2, 0.25) is 0 Å². The number of carbonyl (C=O) groups excluding carboxylic acids is 1. The van der Waals surface area contributed by atoms with Crippen LogP contribution in [-0.2, 0) is 6.42 Å². The summed E-state index contributed by atoms with van der Waals surface area (Å²) in [6.07, 6.45) is 0.640. The molecule has 0 saturated carbocycles. The molecule has 2 heterocycles. The summed E-state index contributed by atoms with van der Waals surface area (Å²) in [4.78, 5) is 18.0. The highest BCUT2D eigenvalue weighted by atomic mass is 32.1. The number of nitrogens with one attached hydrogen (secondary N) is 1. The van der Waals surface area contributed by atoms with Gasteiger partial charge in [0.25, 0.3) is 5.91 Å². The fourth-order valence-electron chi connectivity index (χ4n) is 3.19. The van der Waals surface area contributed by atoms with E-state index in [0.717, 1.165) is 16.2 Å². The van der Waals surface area contributed by atoms with Crippen molar-refractivity contribution < 1.29 is 14.3 Å². The zero-order valence-corrected chi connectivity index (χ0v) is 17.8. The number of fused-ring (bicyclic) bond motifs is 1. The van der Waals surface area contributed by atoms with Gasteiger partial charge in [-0.2, -0.15) is 4.98 Å². The quantitative estimate of drug-likeness (QED) is 0.491. The molecular weight excluding hydrogens is 400 g/mol. The molecule has 0 atom stereocenters. The molecular formula is C22H22N4O3S. The Labute approximate surface area is 178 Å². The summed E-state index contributed by atoms with van der Waals surface area (Å²) >= 11 is 1.54. The molecule has 4 rings (SSSR count). The van der Waals surface area contributed by atoms with Crippen molar-refractivity contribution in [3.63, 3.8) is 0 Å². The summed E-state index contributed by atoms with van der Waals surface area (Å²) in [5.41, 5.74) is 3.64. The van der Waals surface area contributed by atoms with E-state index in [4.69, 9.17) is 9.47 Å². The van der Waals surface area contributed by atoms with Crippen molar-refractivity contribution in [1.29, 1.82) is 0 Å². The maximum atomic E-state index is 12.6. The molecule has 2 aromatic carbocycles. The molecule has 0 saturated heterocycles. The van der Waals surface area contributed by atoms with E-state index in [2.05, 4.69) is 21.5 Å². The zero-order valence-electron chi connectivity index (χ0n) is 17.0. The number of nitrogens with zero attached hydrogens (tertiary/aromatic N) is 3. The minimum Gasteiger partial charge on any atom is -0.497 e. The normalized spacial score (nSPS) is 10.9. The zero-order chi connectivity index (χ0) is 21.1. The van der Waals surface area contributed by atoms with Gasteiger partial charge in [-0.3, -0.25) is 4.79 Å². The minimum atomic E-state index is -0.194. The van der Waals surface area contributed by atoms with Gasteiger partial charge < -0.3 is 14.8 Å². The summed E-state index contributed by atoms with van der Waals surface area (Å²) in [6, 6.07) is 13.3. The van der Waals surface area contributed by atoms with Gasteiger partial charge in [-0.05, 0) is 25.1 Å². The van der Waals surface area contributed by atoms with Gasteiger partial charge in [0.1, 0.15) is 11.5 Å². The molecule has 0 aliphatic rings. The van der Waals surface area contributed by atoms with Crippen molar-refractivity contribution in [3.8, 4) is 22.9 Å². The van der Waals surface area contributed by atoms with E-state index < -0.39 is 0 Å². The van der Waals surface area contributed by atoms with Crippen LogP contribution >= 0.6 is 11.3 Å². The van der Waals surface area contributed by atoms with Crippen molar-refractivity contribution in [1.82, 2.24) is 19.9 Å². The molecule has 8 heteroatoms. The number of amides is 1. The van der Waals surface area contributed by atoms with Crippen LogP contribution in [-0.4, -0.2) is 41.3 Å². The van der Waals surface area contributed by atoms with Gasteiger partial charge in [-0.25, -0.2) is 4.52 Å². The highest BCUT2D eigenvalue weighted by molar-refractivity contribution is 7.15. The number of hydrogen-bond acceptors (Lipinski definition) is 6. The van der Waals surface area contributed by atoms with Crippen molar-refractivity contribution >= 4 is 22.2 Å². The first-order valence-electron chi connectivity index (χ1n) is 9.49. The number of aryl methyl sites for hydroxylation is 1. The molecule has 7 nitrogen and oxygen atoms in total. The monoisotopic (exact) mass is 422 g/mol. The fourth-order valence-corrected chi connectivity index (χ4v) is 4.04. The molecule has 0 unspecified atom stereocenters. The van der Waals surface area contributed by atoms with Gasteiger partial charge in [0.15, 0.2) is 5.82 Å². The third kappa shape index (κ3) is 3.99. The van der Waals surface area contributed by atoms with Crippen molar-refractivity contribution in [2.24, 2.45) is 0 Å². The number of ether oxygens (including phenoxy) is 2. The highest BCUT2D eigenvalue weighted by Crippen LogP contribution is 2.25. The second kappa shape index (κ2) is 8.54. The van der Waals surface area contributed by atoms with Gasteiger partial charge in [0.2, 0.25) is 4.96 Å². The third-order valence-electron chi connectivity index (χ3n) is 4.75. The summed E-state index contributed by atoms with van der Waals surface area (Å²) in [5, 5.41) is 9.62. The van der Waals surface area contributed by atoms with Crippen LogP contribution in [0.5, 0.6) is 11.5 Å². The average molecular weight is 423 g/mol. The summed E-state index contributed by atoms with van der Waals surface area (Å²) in [7, 11) is 3.11. The molecule has 0 radical (unpaired) electrons. The number of hydrogen-bond donors (Lipinski definition) is 1. The minimum absolute atomic E-state index is 0.194. The van der Waals surface area contributed by atoms with E-state index in [1.807, 2.05) is 35.0 Å². The molecule has 2 aromatic heterocycles. The van der Waals surface area contributed by atoms with Crippen LogP contribution in [0.4, 0.5) is 0 Å². The van der Waals surface area contributed by atoms with E-state index in [1.54, 1.807) is 36.6 Å². The Hall–Kier alpha value is -3.39. The standard InChI is InChI=1S/C22H22N4O3S/c1-14-5-4-6-15(11-14)20-24-22-26(25-20)16(13-30-22)9-10-23-21(27)18-8-7-17(28-2)12-19(18)29-3/h4-8,11-13H,9-10H2,1-3H3,(H,23,27). The largest absolute Gasteiger partial charge is 0.497 e. The summed E-state index contributed by atoms with van der Waals surface area (Å²) in [6.45, 7) is 2.52. The Balaban J connectivity index is 1.45. The SMILES string of the molecule is COc1ccc(C(=O)NCCc2csc3nc(-c4cccc(C)c4)nn23)c(OC)c1.